The number of benzene rings is 8. The van der Waals surface area contributed by atoms with E-state index >= 15 is 0 Å². The third kappa shape index (κ3) is 4.90. The first-order chi connectivity index (χ1) is 27.1. The van der Waals surface area contributed by atoms with Crippen LogP contribution in [0.5, 0.6) is 0 Å². The van der Waals surface area contributed by atoms with Crippen LogP contribution in [0.15, 0.2) is 192 Å². The molecule has 0 saturated heterocycles. The van der Waals surface area contributed by atoms with E-state index < -0.39 is 0 Å². The fourth-order valence-corrected chi connectivity index (χ4v) is 8.81. The highest BCUT2D eigenvalue weighted by molar-refractivity contribution is 6.09. The van der Waals surface area contributed by atoms with Crippen LogP contribution in [0.2, 0.25) is 0 Å². The molecule has 2 aromatic heterocycles. The molecule has 11 rings (SSSR count). The molecule has 0 bridgehead atoms. The number of furan rings is 1. The molecule has 8 aromatic carbocycles. The molecule has 3 heteroatoms. The fourth-order valence-electron chi connectivity index (χ4n) is 8.81. The van der Waals surface area contributed by atoms with Crippen molar-refractivity contribution in [2.75, 3.05) is 0 Å². The number of rotatable bonds is 5. The van der Waals surface area contributed by atoms with E-state index in [1.165, 1.54) is 27.8 Å². The minimum Gasteiger partial charge on any atom is -0.455 e. The third-order valence-electron chi connectivity index (χ3n) is 11.6. The van der Waals surface area contributed by atoms with Crippen LogP contribution >= 0.6 is 0 Å². The second-order valence-corrected chi connectivity index (χ2v) is 14.6. The zero-order valence-electron chi connectivity index (χ0n) is 30.2. The monoisotopic (exact) mass is 702 g/mol. The lowest BCUT2D eigenvalue weighted by Gasteiger charge is -2.28. The van der Waals surface area contributed by atoms with Crippen molar-refractivity contribution in [2.24, 2.45) is 0 Å². The largest absolute Gasteiger partial charge is 0.455 e. The molecule has 258 valence electrons. The summed E-state index contributed by atoms with van der Waals surface area (Å²) in [6.07, 6.45) is 0. The molecule has 0 saturated carbocycles. The van der Waals surface area contributed by atoms with Gasteiger partial charge in [0.25, 0.3) is 0 Å². The third-order valence-corrected chi connectivity index (χ3v) is 11.6. The first kappa shape index (κ1) is 31.4. The lowest BCUT2D eigenvalue weighted by atomic mass is 9.74. The van der Waals surface area contributed by atoms with Crippen molar-refractivity contribution in [1.29, 1.82) is 0 Å². The number of fused-ring (bicyclic) bond motifs is 7. The summed E-state index contributed by atoms with van der Waals surface area (Å²) in [6.45, 7) is 2.36. The molecule has 0 radical (unpaired) electrons. The van der Waals surface area contributed by atoms with Crippen molar-refractivity contribution in [1.82, 2.24) is 9.97 Å². The molecule has 1 unspecified atom stereocenters. The van der Waals surface area contributed by atoms with Crippen molar-refractivity contribution < 1.29 is 4.42 Å². The van der Waals surface area contributed by atoms with Gasteiger partial charge in [-0.25, -0.2) is 9.97 Å². The standard InChI is InChI=1S/C52H34N2O/c1-52(37-15-3-2-4-16-37)45-23-9-7-18-40(45)41-30-29-36(31-46(41)52)48-32-47(53-51(54-48)44-22-11-14-33-13-5-6-17-38(33)44)35-27-25-34(26-28-35)39-20-12-21-43-42-19-8-10-24-49(42)55-50(39)43/h2-32H,1H3. The predicted molar refractivity (Wildman–Crippen MR) is 226 cm³/mol. The van der Waals surface area contributed by atoms with E-state index in [0.29, 0.717) is 5.82 Å². The lowest BCUT2D eigenvalue weighted by Crippen LogP contribution is -2.22. The van der Waals surface area contributed by atoms with Crippen LogP contribution in [0.1, 0.15) is 23.6 Å². The molecule has 0 amide bonds. The van der Waals surface area contributed by atoms with Gasteiger partial charge in [0.05, 0.1) is 11.4 Å². The summed E-state index contributed by atoms with van der Waals surface area (Å²) in [5, 5.41) is 4.54. The van der Waals surface area contributed by atoms with E-state index in [-0.39, 0.29) is 5.41 Å². The Morgan fingerprint density at radius 1 is 0.418 bits per heavy atom. The Labute approximate surface area is 319 Å². The molecule has 2 heterocycles. The highest BCUT2D eigenvalue weighted by atomic mass is 16.3. The quantitative estimate of drug-likeness (QED) is 0.179. The molecule has 55 heavy (non-hydrogen) atoms. The minimum absolute atomic E-state index is 0.309. The van der Waals surface area contributed by atoms with Gasteiger partial charge in [0.1, 0.15) is 11.2 Å². The summed E-state index contributed by atoms with van der Waals surface area (Å²) in [4.78, 5) is 10.6. The van der Waals surface area contributed by atoms with E-state index in [1.54, 1.807) is 0 Å². The number of aromatic nitrogens is 2. The highest BCUT2D eigenvalue weighted by Gasteiger charge is 2.40. The molecule has 1 aliphatic rings. The number of hydrogen-bond acceptors (Lipinski definition) is 3. The summed E-state index contributed by atoms with van der Waals surface area (Å²) >= 11 is 0. The maximum atomic E-state index is 6.39. The SMILES string of the molecule is CC1(c2ccccc2)c2ccccc2-c2ccc(-c3cc(-c4ccc(-c5cccc6c5oc5ccccc56)cc4)nc(-c4cccc5ccccc45)n3)cc21. The topological polar surface area (TPSA) is 38.9 Å². The summed E-state index contributed by atoms with van der Waals surface area (Å²) in [5.74, 6) is 0.704. The van der Waals surface area contributed by atoms with Crippen LogP contribution in [0, 0.1) is 0 Å². The Bertz CT molecular complexity index is 3100. The van der Waals surface area contributed by atoms with Crippen LogP contribution in [-0.4, -0.2) is 9.97 Å². The number of para-hydroxylation sites is 2. The molecule has 10 aromatic rings. The van der Waals surface area contributed by atoms with Gasteiger partial charge in [0.15, 0.2) is 5.82 Å². The van der Waals surface area contributed by atoms with Gasteiger partial charge in [0.2, 0.25) is 0 Å². The van der Waals surface area contributed by atoms with Crippen molar-refractivity contribution in [3.8, 4) is 56.2 Å². The van der Waals surface area contributed by atoms with E-state index in [4.69, 9.17) is 14.4 Å². The molecule has 1 atom stereocenters. The molecular formula is C52H34N2O. The van der Waals surface area contributed by atoms with Crippen molar-refractivity contribution in [2.45, 2.75) is 12.3 Å². The molecule has 0 spiro atoms. The van der Waals surface area contributed by atoms with Crippen LogP contribution in [0.25, 0.3) is 88.9 Å². The average Bonchev–Trinajstić information content (AvgIpc) is 3.77. The number of nitrogens with zero attached hydrogens (tertiary/aromatic N) is 2. The molecule has 1 aliphatic carbocycles. The Hall–Kier alpha value is -7.10. The van der Waals surface area contributed by atoms with Gasteiger partial charge in [0, 0.05) is 38.4 Å². The van der Waals surface area contributed by atoms with Crippen molar-refractivity contribution in [3.05, 3.63) is 205 Å². The number of hydrogen-bond donors (Lipinski definition) is 0. The normalized spacial score (nSPS) is 14.7. The van der Waals surface area contributed by atoms with Gasteiger partial charge >= 0.3 is 0 Å². The van der Waals surface area contributed by atoms with E-state index in [9.17, 15) is 0 Å². The smallest absolute Gasteiger partial charge is 0.161 e. The van der Waals surface area contributed by atoms with E-state index in [1.807, 2.05) is 12.1 Å². The maximum Gasteiger partial charge on any atom is 0.161 e. The maximum absolute atomic E-state index is 6.39. The van der Waals surface area contributed by atoms with Gasteiger partial charge < -0.3 is 4.42 Å². The predicted octanol–water partition coefficient (Wildman–Crippen LogP) is 13.5. The summed E-state index contributed by atoms with van der Waals surface area (Å²) in [6, 6.07) is 66.8. The molecule has 0 fully saturated rings. The molecule has 0 N–H and O–H groups in total. The summed E-state index contributed by atoms with van der Waals surface area (Å²) in [7, 11) is 0. The van der Waals surface area contributed by atoms with Crippen LogP contribution in [0.3, 0.4) is 0 Å². The Morgan fingerprint density at radius 3 is 1.89 bits per heavy atom. The van der Waals surface area contributed by atoms with Gasteiger partial charge in [-0.1, -0.05) is 170 Å². The fraction of sp³-hybridized carbons (Fsp3) is 0.0385. The lowest BCUT2D eigenvalue weighted by molar-refractivity contribution is 0.670. The Balaban J connectivity index is 1.08. The first-order valence-corrected chi connectivity index (χ1v) is 18.8. The van der Waals surface area contributed by atoms with Crippen LogP contribution < -0.4 is 0 Å². The molecule has 3 nitrogen and oxygen atoms in total. The highest BCUT2D eigenvalue weighted by Crippen LogP contribution is 2.53. The van der Waals surface area contributed by atoms with Crippen molar-refractivity contribution in [3.63, 3.8) is 0 Å². The summed E-state index contributed by atoms with van der Waals surface area (Å²) < 4.78 is 6.39. The minimum atomic E-state index is -0.309. The van der Waals surface area contributed by atoms with Crippen LogP contribution in [0.4, 0.5) is 0 Å². The van der Waals surface area contributed by atoms with E-state index in [0.717, 1.165) is 71.9 Å². The summed E-state index contributed by atoms with van der Waals surface area (Å²) in [5.41, 5.74) is 14.9. The Morgan fingerprint density at radius 2 is 1.02 bits per heavy atom. The van der Waals surface area contributed by atoms with Gasteiger partial charge in [-0.15, -0.1) is 0 Å². The zero-order valence-corrected chi connectivity index (χ0v) is 30.2. The van der Waals surface area contributed by atoms with Gasteiger partial charge in [-0.2, -0.15) is 0 Å². The van der Waals surface area contributed by atoms with E-state index in [2.05, 4.69) is 183 Å². The molecular weight excluding hydrogens is 669 g/mol. The van der Waals surface area contributed by atoms with Crippen molar-refractivity contribution >= 4 is 32.7 Å². The first-order valence-electron chi connectivity index (χ1n) is 18.8. The van der Waals surface area contributed by atoms with Crippen LogP contribution in [-0.2, 0) is 5.41 Å². The van der Waals surface area contributed by atoms with Gasteiger partial charge in [-0.3, -0.25) is 0 Å². The van der Waals surface area contributed by atoms with Gasteiger partial charge in [-0.05, 0) is 69.3 Å². The molecule has 0 aliphatic heterocycles. The Kier molecular flexibility index (Phi) is 6.99. The second kappa shape index (κ2) is 12.2. The zero-order chi connectivity index (χ0) is 36.5. The average molecular weight is 703 g/mol. The second-order valence-electron chi connectivity index (χ2n) is 14.6.